The predicted molar refractivity (Wildman–Crippen MR) is 82.3 cm³/mol. The van der Waals surface area contributed by atoms with E-state index in [9.17, 15) is 14.9 Å². The summed E-state index contributed by atoms with van der Waals surface area (Å²) in [5, 5.41) is 14.3. The van der Waals surface area contributed by atoms with Gasteiger partial charge in [-0.3, -0.25) is 14.9 Å². The molecule has 0 aliphatic rings. The summed E-state index contributed by atoms with van der Waals surface area (Å²) in [6.45, 7) is 0. The number of hydrogen-bond acceptors (Lipinski definition) is 4. The van der Waals surface area contributed by atoms with Crippen molar-refractivity contribution >= 4 is 33.7 Å². The molecular weight excluding hydrogens is 338 g/mol. The van der Waals surface area contributed by atoms with Gasteiger partial charge in [-0.25, -0.2) is 5.43 Å². The van der Waals surface area contributed by atoms with Crippen LogP contribution in [0.25, 0.3) is 0 Å². The Bertz CT molecular complexity index is 699. The standard InChI is InChI=1S/C14H10BrN3O3/c15-12-3-1-2-11(8-12)14(19)17-16-9-10-4-6-13(7-5-10)18(20)21/h1-9H,(H,17,19). The van der Waals surface area contributed by atoms with Gasteiger partial charge in [0.25, 0.3) is 11.6 Å². The molecule has 0 aliphatic heterocycles. The Morgan fingerprint density at radius 3 is 2.57 bits per heavy atom. The molecular formula is C14H10BrN3O3. The maximum atomic E-state index is 11.8. The number of rotatable bonds is 4. The molecule has 0 saturated heterocycles. The molecule has 0 bridgehead atoms. The first kappa shape index (κ1) is 14.9. The molecule has 0 atom stereocenters. The largest absolute Gasteiger partial charge is 0.271 e. The second kappa shape index (κ2) is 6.76. The van der Waals surface area contributed by atoms with Gasteiger partial charge in [0.05, 0.1) is 11.1 Å². The van der Waals surface area contributed by atoms with Crippen LogP contribution < -0.4 is 5.43 Å². The van der Waals surface area contributed by atoms with Crippen molar-refractivity contribution in [1.29, 1.82) is 0 Å². The number of hydrazone groups is 1. The summed E-state index contributed by atoms with van der Waals surface area (Å²) in [7, 11) is 0. The number of carbonyl (C=O) groups excluding carboxylic acids is 1. The van der Waals surface area contributed by atoms with Crippen molar-refractivity contribution in [2.24, 2.45) is 5.10 Å². The molecule has 21 heavy (non-hydrogen) atoms. The minimum Gasteiger partial charge on any atom is -0.267 e. The van der Waals surface area contributed by atoms with Gasteiger partial charge in [-0.15, -0.1) is 0 Å². The third-order valence-corrected chi connectivity index (χ3v) is 3.06. The van der Waals surface area contributed by atoms with Crippen LogP contribution in [0.5, 0.6) is 0 Å². The van der Waals surface area contributed by atoms with Crippen LogP contribution in [0.3, 0.4) is 0 Å². The number of nitro groups is 1. The Kier molecular flexibility index (Phi) is 4.78. The molecule has 1 N–H and O–H groups in total. The summed E-state index contributed by atoms with van der Waals surface area (Å²) in [4.78, 5) is 21.8. The van der Waals surface area contributed by atoms with E-state index in [-0.39, 0.29) is 11.6 Å². The zero-order valence-electron chi connectivity index (χ0n) is 10.7. The summed E-state index contributed by atoms with van der Waals surface area (Å²) in [5.41, 5.74) is 3.52. The number of amides is 1. The van der Waals surface area contributed by atoms with Gasteiger partial charge in [0.15, 0.2) is 0 Å². The van der Waals surface area contributed by atoms with Crippen molar-refractivity contribution in [3.63, 3.8) is 0 Å². The van der Waals surface area contributed by atoms with E-state index in [0.29, 0.717) is 11.1 Å². The van der Waals surface area contributed by atoms with Crippen molar-refractivity contribution in [1.82, 2.24) is 5.43 Å². The highest BCUT2D eigenvalue weighted by Crippen LogP contribution is 2.12. The molecule has 0 heterocycles. The third kappa shape index (κ3) is 4.22. The van der Waals surface area contributed by atoms with Crippen LogP contribution >= 0.6 is 15.9 Å². The first-order chi connectivity index (χ1) is 10.1. The maximum Gasteiger partial charge on any atom is 0.271 e. The van der Waals surface area contributed by atoms with Gasteiger partial charge >= 0.3 is 0 Å². The van der Waals surface area contributed by atoms with Gasteiger partial charge in [0, 0.05) is 22.2 Å². The average molecular weight is 348 g/mol. The molecule has 1 amide bonds. The highest BCUT2D eigenvalue weighted by atomic mass is 79.9. The summed E-state index contributed by atoms with van der Waals surface area (Å²) < 4.78 is 0.800. The van der Waals surface area contributed by atoms with Gasteiger partial charge in [0.2, 0.25) is 0 Å². The third-order valence-electron chi connectivity index (χ3n) is 2.57. The van der Waals surface area contributed by atoms with Crippen molar-refractivity contribution in [2.75, 3.05) is 0 Å². The number of nitro benzene ring substituents is 1. The molecule has 6 nitrogen and oxygen atoms in total. The molecule has 0 fully saturated rings. The number of nitrogens with zero attached hydrogens (tertiary/aromatic N) is 2. The molecule has 0 aliphatic carbocycles. The number of nitrogens with one attached hydrogen (secondary N) is 1. The number of halogens is 1. The smallest absolute Gasteiger partial charge is 0.267 e. The molecule has 2 rings (SSSR count). The van der Waals surface area contributed by atoms with Gasteiger partial charge in [0.1, 0.15) is 0 Å². The van der Waals surface area contributed by atoms with Crippen LogP contribution in [-0.4, -0.2) is 17.0 Å². The van der Waals surface area contributed by atoms with E-state index in [1.165, 1.54) is 18.3 Å². The average Bonchev–Trinajstić information content (AvgIpc) is 2.47. The normalized spacial score (nSPS) is 10.5. The number of benzene rings is 2. The van der Waals surface area contributed by atoms with Crippen LogP contribution in [0, 0.1) is 10.1 Å². The van der Waals surface area contributed by atoms with Gasteiger partial charge in [-0.1, -0.05) is 22.0 Å². The number of hydrogen-bond donors (Lipinski definition) is 1. The first-order valence-electron chi connectivity index (χ1n) is 5.90. The second-order valence-corrected chi connectivity index (χ2v) is 4.97. The molecule has 0 saturated carbocycles. The minimum absolute atomic E-state index is 0.00493. The highest BCUT2D eigenvalue weighted by Gasteiger charge is 2.04. The van der Waals surface area contributed by atoms with Crippen LogP contribution in [0.2, 0.25) is 0 Å². The van der Waals surface area contributed by atoms with Crippen molar-refractivity contribution in [2.45, 2.75) is 0 Å². The lowest BCUT2D eigenvalue weighted by Crippen LogP contribution is -2.17. The quantitative estimate of drug-likeness (QED) is 0.523. The summed E-state index contributed by atoms with van der Waals surface area (Å²) in [5.74, 6) is -0.338. The fraction of sp³-hybridized carbons (Fsp3) is 0. The lowest BCUT2D eigenvalue weighted by Gasteiger charge is -2.00. The van der Waals surface area contributed by atoms with Crippen LogP contribution in [0.15, 0.2) is 58.1 Å². The van der Waals surface area contributed by atoms with Crippen molar-refractivity contribution in [3.05, 3.63) is 74.2 Å². The lowest BCUT2D eigenvalue weighted by atomic mass is 10.2. The van der Waals surface area contributed by atoms with Gasteiger partial charge in [-0.05, 0) is 35.9 Å². The fourth-order valence-corrected chi connectivity index (χ4v) is 1.94. The van der Waals surface area contributed by atoms with Crippen molar-refractivity contribution in [3.8, 4) is 0 Å². The predicted octanol–water partition coefficient (Wildman–Crippen LogP) is 3.12. The monoisotopic (exact) mass is 347 g/mol. The molecule has 2 aromatic rings. The number of carbonyl (C=O) groups is 1. The lowest BCUT2D eigenvalue weighted by molar-refractivity contribution is -0.384. The molecule has 0 radical (unpaired) electrons. The van der Waals surface area contributed by atoms with Gasteiger partial charge in [-0.2, -0.15) is 5.10 Å². The van der Waals surface area contributed by atoms with E-state index in [2.05, 4.69) is 26.5 Å². The van der Waals surface area contributed by atoms with E-state index in [1.807, 2.05) is 6.07 Å². The van der Waals surface area contributed by atoms with E-state index in [1.54, 1.807) is 30.3 Å². The highest BCUT2D eigenvalue weighted by molar-refractivity contribution is 9.10. The molecule has 0 spiro atoms. The summed E-state index contributed by atoms with van der Waals surface area (Å²) in [6, 6.07) is 12.8. The Labute approximate surface area is 128 Å². The van der Waals surface area contributed by atoms with Crippen molar-refractivity contribution < 1.29 is 9.72 Å². The summed E-state index contributed by atoms with van der Waals surface area (Å²) in [6.07, 6.45) is 1.42. The van der Waals surface area contributed by atoms with E-state index in [4.69, 9.17) is 0 Å². The van der Waals surface area contributed by atoms with E-state index in [0.717, 1.165) is 4.47 Å². The summed E-state index contributed by atoms with van der Waals surface area (Å²) >= 11 is 3.28. The van der Waals surface area contributed by atoms with Crippen LogP contribution in [0.1, 0.15) is 15.9 Å². The Morgan fingerprint density at radius 1 is 1.24 bits per heavy atom. The first-order valence-corrected chi connectivity index (χ1v) is 6.69. The van der Waals surface area contributed by atoms with E-state index >= 15 is 0 Å². The minimum atomic E-state index is -0.476. The zero-order valence-corrected chi connectivity index (χ0v) is 12.3. The Morgan fingerprint density at radius 2 is 1.95 bits per heavy atom. The Hall–Kier alpha value is -2.54. The molecule has 106 valence electrons. The van der Waals surface area contributed by atoms with Crippen LogP contribution in [0.4, 0.5) is 5.69 Å². The zero-order chi connectivity index (χ0) is 15.2. The SMILES string of the molecule is O=C(NN=Cc1ccc([N+](=O)[O-])cc1)c1cccc(Br)c1. The van der Waals surface area contributed by atoms with Crippen LogP contribution in [-0.2, 0) is 0 Å². The molecule has 2 aromatic carbocycles. The topological polar surface area (TPSA) is 84.6 Å². The van der Waals surface area contributed by atoms with Gasteiger partial charge < -0.3 is 0 Å². The fourth-order valence-electron chi connectivity index (χ4n) is 1.54. The molecule has 0 unspecified atom stereocenters. The maximum absolute atomic E-state index is 11.8. The Balaban J connectivity index is 1.99. The second-order valence-electron chi connectivity index (χ2n) is 4.06. The number of non-ortho nitro benzene ring substituents is 1. The van der Waals surface area contributed by atoms with E-state index < -0.39 is 4.92 Å². The molecule has 7 heteroatoms. The molecule has 0 aromatic heterocycles.